The number of nitriles is 1. The molecule has 0 aromatic heterocycles. The van der Waals surface area contributed by atoms with E-state index in [0.29, 0.717) is 6.61 Å². The summed E-state index contributed by atoms with van der Waals surface area (Å²) in [7, 11) is 0. The molecule has 0 aliphatic carbocycles. The molecule has 16 heavy (non-hydrogen) atoms. The van der Waals surface area contributed by atoms with Gasteiger partial charge in [0.05, 0.1) is 18.6 Å². The molecule has 1 aromatic rings. The third kappa shape index (κ3) is 3.39. The lowest BCUT2D eigenvalue weighted by atomic mass is 9.95. The van der Waals surface area contributed by atoms with Crippen LogP contribution >= 0.6 is 0 Å². The molecule has 1 atom stereocenters. The summed E-state index contributed by atoms with van der Waals surface area (Å²) in [4.78, 5) is 11.0. The highest BCUT2D eigenvalue weighted by molar-refractivity contribution is 5.77. The maximum absolute atomic E-state index is 11.0. The standard InChI is InChI=1S/C13H15NO2/c1-3-16-13-6-4-5-11(8-13)12(9-14)7-10(2)15/h4-6,8,12H,3,7H2,1-2H3. The first kappa shape index (κ1) is 12.3. The molecule has 0 heterocycles. The molecule has 0 fully saturated rings. The molecule has 1 aromatic carbocycles. The Hall–Kier alpha value is -1.82. The van der Waals surface area contributed by atoms with Crippen LogP contribution in [0.1, 0.15) is 31.7 Å². The highest BCUT2D eigenvalue weighted by atomic mass is 16.5. The molecule has 0 radical (unpaired) electrons. The minimum Gasteiger partial charge on any atom is -0.494 e. The molecule has 0 saturated carbocycles. The first-order chi connectivity index (χ1) is 7.67. The number of ketones is 1. The van der Waals surface area contributed by atoms with E-state index in [1.165, 1.54) is 6.92 Å². The predicted molar refractivity (Wildman–Crippen MR) is 61.3 cm³/mol. The summed E-state index contributed by atoms with van der Waals surface area (Å²) in [6, 6.07) is 9.49. The van der Waals surface area contributed by atoms with Crippen molar-refractivity contribution in [1.82, 2.24) is 0 Å². The van der Waals surface area contributed by atoms with Crippen molar-refractivity contribution >= 4 is 5.78 Å². The smallest absolute Gasteiger partial charge is 0.131 e. The lowest BCUT2D eigenvalue weighted by Gasteiger charge is -2.09. The number of carbonyl (C=O) groups excluding carboxylic acids is 1. The minimum absolute atomic E-state index is 0.0216. The lowest BCUT2D eigenvalue weighted by Crippen LogP contribution is -2.02. The predicted octanol–water partition coefficient (Wildman–Crippen LogP) is 2.67. The second-order valence-electron chi connectivity index (χ2n) is 3.59. The summed E-state index contributed by atoms with van der Waals surface area (Å²) >= 11 is 0. The first-order valence-corrected chi connectivity index (χ1v) is 5.29. The molecule has 0 saturated heterocycles. The van der Waals surface area contributed by atoms with Crippen LogP contribution in [0.15, 0.2) is 24.3 Å². The van der Waals surface area contributed by atoms with Crippen molar-refractivity contribution in [1.29, 1.82) is 5.26 Å². The van der Waals surface area contributed by atoms with Gasteiger partial charge >= 0.3 is 0 Å². The Bertz CT molecular complexity index is 407. The largest absolute Gasteiger partial charge is 0.494 e. The molecule has 0 aliphatic rings. The summed E-state index contributed by atoms with van der Waals surface area (Å²) < 4.78 is 5.35. The van der Waals surface area contributed by atoms with Gasteiger partial charge in [0.2, 0.25) is 0 Å². The van der Waals surface area contributed by atoms with E-state index in [0.717, 1.165) is 11.3 Å². The van der Waals surface area contributed by atoms with E-state index in [1.54, 1.807) is 0 Å². The maximum Gasteiger partial charge on any atom is 0.131 e. The molecular formula is C13H15NO2. The average Bonchev–Trinajstić information content (AvgIpc) is 2.26. The van der Waals surface area contributed by atoms with Gasteiger partial charge in [0.25, 0.3) is 0 Å². The van der Waals surface area contributed by atoms with Gasteiger partial charge in [-0.15, -0.1) is 0 Å². The van der Waals surface area contributed by atoms with Gasteiger partial charge < -0.3 is 4.74 Å². The fraction of sp³-hybridized carbons (Fsp3) is 0.385. The maximum atomic E-state index is 11.0. The minimum atomic E-state index is -0.377. The van der Waals surface area contributed by atoms with Crippen LogP contribution in [-0.4, -0.2) is 12.4 Å². The fourth-order valence-electron chi connectivity index (χ4n) is 1.51. The van der Waals surface area contributed by atoms with Crippen molar-refractivity contribution in [3.05, 3.63) is 29.8 Å². The molecule has 84 valence electrons. The van der Waals surface area contributed by atoms with E-state index in [9.17, 15) is 4.79 Å². The van der Waals surface area contributed by atoms with Crippen LogP contribution in [0, 0.1) is 11.3 Å². The van der Waals surface area contributed by atoms with E-state index >= 15 is 0 Å². The van der Waals surface area contributed by atoms with Gasteiger partial charge in [0, 0.05) is 6.42 Å². The van der Waals surface area contributed by atoms with Crippen LogP contribution in [0.25, 0.3) is 0 Å². The summed E-state index contributed by atoms with van der Waals surface area (Å²) in [5.74, 6) is 0.384. The number of carbonyl (C=O) groups is 1. The molecule has 0 bridgehead atoms. The topological polar surface area (TPSA) is 50.1 Å². The van der Waals surface area contributed by atoms with Crippen LogP contribution in [0.5, 0.6) is 5.75 Å². The molecule has 0 aliphatic heterocycles. The van der Waals surface area contributed by atoms with E-state index in [1.807, 2.05) is 31.2 Å². The SMILES string of the molecule is CCOc1cccc(C(C#N)CC(C)=O)c1. The Balaban J connectivity index is 2.88. The number of ether oxygens (including phenoxy) is 1. The van der Waals surface area contributed by atoms with E-state index in [2.05, 4.69) is 6.07 Å². The zero-order chi connectivity index (χ0) is 12.0. The first-order valence-electron chi connectivity index (χ1n) is 5.29. The molecule has 1 unspecified atom stereocenters. The number of hydrogen-bond donors (Lipinski definition) is 0. The zero-order valence-electron chi connectivity index (χ0n) is 9.56. The summed E-state index contributed by atoms with van der Waals surface area (Å²) in [6.07, 6.45) is 0.256. The number of benzene rings is 1. The van der Waals surface area contributed by atoms with Crippen LogP contribution in [0.4, 0.5) is 0 Å². The monoisotopic (exact) mass is 217 g/mol. The Kier molecular flexibility index (Phi) is 4.53. The van der Waals surface area contributed by atoms with Gasteiger partial charge in [-0.3, -0.25) is 4.79 Å². The quantitative estimate of drug-likeness (QED) is 0.761. The van der Waals surface area contributed by atoms with Crippen molar-refractivity contribution in [2.45, 2.75) is 26.2 Å². The third-order valence-electron chi connectivity index (χ3n) is 2.22. The Labute approximate surface area is 95.7 Å². The van der Waals surface area contributed by atoms with Crippen LogP contribution in [0.2, 0.25) is 0 Å². The summed E-state index contributed by atoms with van der Waals surface area (Å²) in [5.41, 5.74) is 0.837. The van der Waals surface area contributed by atoms with Crippen molar-refractivity contribution in [3.8, 4) is 11.8 Å². The number of rotatable bonds is 5. The van der Waals surface area contributed by atoms with Gasteiger partial charge in [-0.25, -0.2) is 0 Å². The fourth-order valence-corrected chi connectivity index (χ4v) is 1.51. The molecule has 1 rings (SSSR count). The van der Waals surface area contributed by atoms with Gasteiger partial charge in [-0.2, -0.15) is 5.26 Å². The molecule has 3 nitrogen and oxygen atoms in total. The molecular weight excluding hydrogens is 202 g/mol. The Morgan fingerprint density at radius 1 is 1.56 bits per heavy atom. The Morgan fingerprint density at radius 3 is 2.88 bits per heavy atom. The van der Waals surface area contributed by atoms with E-state index < -0.39 is 0 Å². The lowest BCUT2D eigenvalue weighted by molar-refractivity contribution is -0.117. The van der Waals surface area contributed by atoms with Gasteiger partial charge in [-0.05, 0) is 31.5 Å². The van der Waals surface area contributed by atoms with Crippen molar-refractivity contribution in [3.63, 3.8) is 0 Å². The van der Waals surface area contributed by atoms with Gasteiger partial charge in [-0.1, -0.05) is 12.1 Å². The molecule has 0 spiro atoms. The van der Waals surface area contributed by atoms with E-state index in [4.69, 9.17) is 10.00 Å². The van der Waals surface area contributed by atoms with E-state index in [-0.39, 0.29) is 18.1 Å². The number of Topliss-reactive ketones (excluding diaryl/α,β-unsaturated/α-hetero) is 1. The highest BCUT2D eigenvalue weighted by Crippen LogP contribution is 2.23. The Morgan fingerprint density at radius 2 is 2.31 bits per heavy atom. The summed E-state index contributed by atoms with van der Waals surface area (Å²) in [5, 5.41) is 9.01. The number of hydrogen-bond acceptors (Lipinski definition) is 3. The van der Waals surface area contributed by atoms with Gasteiger partial charge in [0.15, 0.2) is 0 Å². The van der Waals surface area contributed by atoms with Crippen molar-refractivity contribution in [2.24, 2.45) is 0 Å². The molecule has 0 N–H and O–H groups in total. The van der Waals surface area contributed by atoms with Gasteiger partial charge in [0.1, 0.15) is 11.5 Å². The third-order valence-corrected chi connectivity index (χ3v) is 2.22. The number of nitrogens with zero attached hydrogens (tertiary/aromatic N) is 1. The van der Waals surface area contributed by atoms with Crippen LogP contribution < -0.4 is 4.74 Å². The second-order valence-corrected chi connectivity index (χ2v) is 3.59. The highest BCUT2D eigenvalue weighted by Gasteiger charge is 2.13. The molecule has 3 heteroatoms. The van der Waals surface area contributed by atoms with Crippen LogP contribution in [0.3, 0.4) is 0 Å². The zero-order valence-corrected chi connectivity index (χ0v) is 9.56. The normalized spacial score (nSPS) is 11.6. The summed E-state index contributed by atoms with van der Waals surface area (Å²) in [6.45, 7) is 3.99. The van der Waals surface area contributed by atoms with Crippen molar-refractivity contribution < 1.29 is 9.53 Å². The van der Waals surface area contributed by atoms with Crippen molar-refractivity contribution in [2.75, 3.05) is 6.61 Å². The molecule has 0 amide bonds. The second kappa shape index (κ2) is 5.92. The average molecular weight is 217 g/mol. The van der Waals surface area contributed by atoms with Crippen LogP contribution in [-0.2, 0) is 4.79 Å².